The fraction of sp³-hybridized carbons (Fsp3) is 0.417. The van der Waals surface area contributed by atoms with Gasteiger partial charge in [0, 0.05) is 31.9 Å². The molecule has 18 heavy (non-hydrogen) atoms. The van der Waals surface area contributed by atoms with Gasteiger partial charge in [0.1, 0.15) is 5.82 Å². The molecule has 0 unspecified atom stereocenters. The molecule has 1 aromatic carbocycles. The second kappa shape index (κ2) is 5.67. The number of carbonyl (C=O) groups is 1. The van der Waals surface area contributed by atoms with E-state index in [9.17, 15) is 9.18 Å². The van der Waals surface area contributed by atoms with Gasteiger partial charge in [0.25, 0.3) is 0 Å². The van der Waals surface area contributed by atoms with Gasteiger partial charge in [0.2, 0.25) is 0 Å². The first-order valence-corrected chi connectivity index (χ1v) is 6.55. The first-order chi connectivity index (χ1) is 8.56. The van der Waals surface area contributed by atoms with Crippen molar-refractivity contribution in [2.24, 2.45) is 0 Å². The number of likely N-dealkylation sites (N-methyl/N-ethyl adjacent to an activating group) is 1. The number of nitrogens with one attached hydrogen (secondary N) is 1. The maximum absolute atomic E-state index is 13.3. The largest absolute Gasteiger partial charge is 0.322 e. The van der Waals surface area contributed by atoms with Gasteiger partial charge in [-0.05, 0) is 41.2 Å². The van der Waals surface area contributed by atoms with Crippen LogP contribution in [0.4, 0.5) is 14.9 Å². The summed E-state index contributed by atoms with van der Waals surface area (Å²) in [5.74, 6) is -0.383. The molecule has 1 heterocycles. The normalized spacial score (nSPS) is 16.7. The predicted molar refractivity (Wildman–Crippen MR) is 72.2 cm³/mol. The van der Waals surface area contributed by atoms with Crippen molar-refractivity contribution in [3.05, 3.63) is 28.5 Å². The number of hydrogen-bond donors (Lipinski definition) is 1. The van der Waals surface area contributed by atoms with Crippen LogP contribution in [0.25, 0.3) is 0 Å². The summed E-state index contributed by atoms with van der Waals surface area (Å²) in [5, 5.41) is 2.70. The van der Waals surface area contributed by atoms with E-state index in [1.54, 1.807) is 17.0 Å². The average Bonchev–Trinajstić information content (AvgIpc) is 2.34. The average molecular weight is 316 g/mol. The third-order valence-electron chi connectivity index (χ3n) is 2.96. The molecular weight excluding hydrogens is 301 g/mol. The van der Waals surface area contributed by atoms with Crippen molar-refractivity contribution >= 4 is 27.6 Å². The molecule has 1 saturated heterocycles. The molecule has 1 aliphatic rings. The minimum absolute atomic E-state index is 0.176. The van der Waals surface area contributed by atoms with E-state index in [1.165, 1.54) is 6.07 Å². The molecule has 0 bridgehead atoms. The van der Waals surface area contributed by atoms with E-state index in [0.717, 1.165) is 13.1 Å². The number of benzene rings is 1. The van der Waals surface area contributed by atoms with E-state index in [4.69, 9.17) is 0 Å². The quantitative estimate of drug-likeness (QED) is 0.863. The Morgan fingerprint density at radius 2 is 2.00 bits per heavy atom. The highest BCUT2D eigenvalue weighted by molar-refractivity contribution is 9.10. The van der Waals surface area contributed by atoms with Gasteiger partial charge >= 0.3 is 6.03 Å². The molecule has 6 heteroatoms. The number of urea groups is 1. The van der Waals surface area contributed by atoms with Crippen LogP contribution in [-0.4, -0.2) is 49.1 Å². The first-order valence-electron chi connectivity index (χ1n) is 5.76. The van der Waals surface area contributed by atoms with Crippen LogP contribution in [0, 0.1) is 5.82 Å². The van der Waals surface area contributed by atoms with Crippen LogP contribution in [0.2, 0.25) is 0 Å². The van der Waals surface area contributed by atoms with Gasteiger partial charge in [-0.15, -0.1) is 0 Å². The number of anilines is 1. The number of nitrogens with zero attached hydrogens (tertiary/aromatic N) is 2. The van der Waals surface area contributed by atoms with Crippen molar-refractivity contribution < 1.29 is 9.18 Å². The lowest BCUT2D eigenvalue weighted by atomic mass is 10.3. The molecule has 1 N–H and O–H groups in total. The summed E-state index contributed by atoms with van der Waals surface area (Å²) >= 11 is 3.08. The second-order valence-electron chi connectivity index (χ2n) is 4.35. The van der Waals surface area contributed by atoms with Crippen LogP contribution in [-0.2, 0) is 0 Å². The summed E-state index contributed by atoms with van der Waals surface area (Å²) in [4.78, 5) is 15.8. The number of amides is 2. The monoisotopic (exact) mass is 315 g/mol. The molecular formula is C12H15BrFN3O. The van der Waals surface area contributed by atoms with Crippen LogP contribution in [0.5, 0.6) is 0 Å². The molecule has 0 atom stereocenters. The summed E-state index contributed by atoms with van der Waals surface area (Å²) < 4.78 is 13.7. The van der Waals surface area contributed by atoms with Crippen LogP contribution in [0.1, 0.15) is 0 Å². The van der Waals surface area contributed by atoms with Gasteiger partial charge < -0.3 is 15.1 Å². The summed E-state index contributed by atoms with van der Waals surface area (Å²) in [6.45, 7) is 3.12. The van der Waals surface area contributed by atoms with E-state index in [0.29, 0.717) is 23.2 Å². The first kappa shape index (κ1) is 13.3. The maximum atomic E-state index is 13.3. The van der Waals surface area contributed by atoms with Gasteiger partial charge in [0.15, 0.2) is 0 Å². The van der Waals surface area contributed by atoms with E-state index in [2.05, 4.69) is 26.1 Å². The highest BCUT2D eigenvalue weighted by atomic mass is 79.9. The molecule has 0 aromatic heterocycles. The lowest BCUT2D eigenvalue weighted by Crippen LogP contribution is -2.48. The third kappa shape index (κ3) is 3.20. The lowest BCUT2D eigenvalue weighted by Gasteiger charge is -2.32. The van der Waals surface area contributed by atoms with Gasteiger partial charge in [-0.1, -0.05) is 0 Å². The number of rotatable bonds is 1. The van der Waals surface area contributed by atoms with Crippen molar-refractivity contribution in [1.29, 1.82) is 0 Å². The highest BCUT2D eigenvalue weighted by Crippen LogP contribution is 2.19. The Kier molecular flexibility index (Phi) is 4.19. The molecule has 0 spiro atoms. The molecule has 0 saturated carbocycles. The Balaban J connectivity index is 1.96. The van der Waals surface area contributed by atoms with E-state index in [1.807, 2.05) is 7.05 Å². The van der Waals surface area contributed by atoms with Gasteiger partial charge in [0.05, 0.1) is 4.47 Å². The smallest absolute Gasteiger partial charge is 0.321 e. The summed E-state index contributed by atoms with van der Waals surface area (Å²) in [7, 11) is 2.03. The zero-order valence-corrected chi connectivity index (χ0v) is 11.7. The molecule has 1 aromatic rings. The maximum Gasteiger partial charge on any atom is 0.321 e. The SMILES string of the molecule is CN1CCN(C(=O)Nc2ccc(Br)c(F)c2)CC1. The molecule has 1 fully saturated rings. The molecule has 0 radical (unpaired) electrons. The molecule has 98 valence electrons. The highest BCUT2D eigenvalue weighted by Gasteiger charge is 2.19. The third-order valence-corrected chi connectivity index (χ3v) is 3.60. The predicted octanol–water partition coefficient (Wildman–Crippen LogP) is 2.37. The summed E-state index contributed by atoms with van der Waals surface area (Å²) in [6.07, 6.45) is 0. The molecule has 2 rings (SSSR count). The van der Waals surface area contributed by atoms with E-state index < -0.39 is 0 Å². The summed E-state index contributed by atoms with van der Waals surface area (Å²) in [6, 6.07) is 4.37. The van der Waals surface area contributed by atoms with Crippen molar-refractivity contribution in [3.8, 4) is 0 Å². The Bertz CT molecular complexity index is 447. The molecule has 0 aliphatic carbocycles. The Hall–Kier alpha value is -1.14. The zero-order valence-electron chi connectivity index (χ0n) is 10.1. The van der Waals surface area contributed by atoms with Crippen molar-refractivity contribution in [2.75, 3.05) is 38.5 Å². The number of carbonyl (C=O) groups excluding carboxylic acids is 1. The van der Waals surface area contributed by atoms with Crippen LogP contribution >= 0.6 is 15.9 Å². The Morgan fingerprint density at radius 1 is 1.33 bits per heavy atom. The van der Waals surface area contributed by atoms with Crippen molar-refractivity contribution in [1.82, 2.24) is 9.80 Å². The van der Waals surface area contributed by atoms with E-state index >= 15 is 0 Å². The topological polar surface area (TPSA) is 35.6 Å². The van der Waals surface area contributed by atoms with Crippen molar-refractivity contribution in [3.63, 3.8) is 0 Å². The van der Waals surface area contributed by atoms with Gasteiger partial charge in [-0.3, -0.25) is 0 Å². The van der Waals surface area contributed by atoms with Gasteiger partial charge in [-0.2, -0.15) is 0 Å². The molecule has 2 amide bonds. The second-order valence-corrected chi connectivity index (χ2v) is 5.20. The Labute approximate surface area is 114 Å². The minimum atomic E-state index is -0.383. The molecule has 1 aliphatic heterocycles. The van der Waals surface area contributed by atoms with Gasteiger partial charge in [-0.25, -0.2) is 9.18 Å². The Morgan fingerprint density at radius 3 is 2.61 bits per heavy atom. The fourth-order valence-electron chi connectivity index (χ4n) is 1.79. The van der Waals surface area contributed by atoms with E-state index in [-0.39, 0.29) is 11.8 Å². The van der Waals surface area contributed by atoms with Crippen LogP contribution < -0.4 is 5.32 Å². The van der Waals surface area contributed by atoms with Crippen LogP contribution in [0.3, 0.4) is 0 Å². The number of piperazine rings is 1. The number of hydrogen-bond acceptors (Lipinski definition) is 2. The van der Waals surface area contributed by atoms with Crippen molar-refractivity contribution in [2.45, 2.75) is 0 Å². The number of halogens is 2. The van der Waals surface area contributed by atoms with Crippen LogP contribution in [0.15, 0.2) is 22.7 Å². The molecule has 4 nitrogen and oxygen atoms in total. The lowest BCUT2D eigenvalue weighted by molar-refractivity contribution is 0.164. The standard InChI is InChI=1S/C12H15BrFN3O/c1-16-4-6-17(7-5-16)12(18)15-9-2-3-10(13)11(14)8-9/h2-3,8H,4-7H2,1H3,(H,15,18). The zero-order chi connectivity index (χ0) is 13.1. The minimum Gasteiger partial charge on any atom is -0.322 e. The summed E-state index contributed by atoms with van der Waals surface area (Å²) in [5.41, 5.74) is 0.472. The fourth-order valence-corrected chi connectivity index (χ4v) is 2.03.